The molecule has 0 aromatic carbocycles. The van der Waals surface area contributed by atoms with Gasteiger partial charge in [0.25, 0.3) is 0 Å². The number of rotatable bonds is 4. The monoisotopic (exact) mass is 219 g/mol. The Hall–Kier alpha value is -2.30. The second-order valence-corrected chi connectivity index (χ2v) is 3.10. The third-order valence-corrected chi connectivity index (χ3v) is 1.99. The van der Waals surface area contributed by atoms with E-state index in [1.807, 2.05) is 0 Å². The topological polar surface area (TPSA) is 72.6 Å². The van der Waals surface area contributed by atoms with Crippen molar-refractivity contribution in [3.05, 3.63) is 48.2 Å². The number of carboxylic acid groups (broad SMARTS) is 1. The number of carboxylic acids is 1. The maximum Gasteiger partial charge on any atom is 0.339 e. The molecule has 16 heavy (non-hydrogen) atoms. The predicted molar refractivity (Wildman–Crippen MR) is 54.2 cm³/mol. The van der Waals surface area contributed by atoms with Crippen LogP contribution in [0, 0.1) is 0 Å². The van der Waals surface area contributed by atoms with Gasteiger partial charge >= 0.3 is 5.97 Å². The van der Waals surface area contributed by atoms with Crippen molar-refractivity contribution < 1.29 is 19.1 Å². The van der Waals surface area contributed by atoms with Crippen LogP contribution in [0.2, 0.25) is 0 Å². The summed E-state index contributed by atoms with van der Waals surface area (Å²) in [7, 11) is 0. The Kier molecular flexibility index (Phi) is 2.86. The van der Waals surface area contributed by atoms with E-state index in [1.54, 1.807) is 6.07 Å². The summed E-state index contributed by atoms with van der Waals surface area (Å²) in [5.74, 6) is -0.791. The molecular weight excluding hydrogens is 210 g/mol. The number of furan rings is 1. The molecule has 82 valence electrons. The molecule has 1 N–H and O–H groups in total. The maximum atomic E-state index is 10.9. The average molecular weight is 219 g/mol. The number of pyridine rings is 1. The largest absolute Gasteiger partial charge is 0.486 e. The van der Waals surface area contributed by atoms with Crippen LogP contribution in [0.25, 0.3) is 0 Å². The second kappa shape index (κ2) is 4.48. The van der Waals surface area contributed by atoms with Gasteiger partial charge < -0.3 is 14.3 Å². The Morgan fingerprint density at radius 3 is 3.06 bits per heavy atom. The van der Waals surface area contributed by atoms with Crippen LogP contribution in [0.3, 0.4) is 0 Å². The summed E-state index contributed by atoms with van der Waals surface area (Å²) in [6.07, 6.45) is 5.86. The fourth-order valence-corrected chi connectivity index (χ4v) is 1.21. The first kappa shape index (κ1) is 10.2. The van der Waals surface area contributed by atoms with Gasteiger partial charge in [-0.3, -0.25) is 4.98 Å². The molecule has 0 spiro atoms. The van der Waals surface area contributed by atoms with Gasteiger partial charge in [-0.15, -0.1) is 0 Å². The number of aromatic nitrogens is 1. The van der Waals surface area contributed by atoms with Crippen molar-refractivity contribution in [2.45, 2.75) is 6.61 Å². The molecule has 2 rings (SSSR count). The van der Waals surface area contributed by atoms with E-state index in [1.165, 1.54) is 31.0 Å². The summed E-state index contributed by atoms with van der Waals surface area (Å²) in [5.41, 5.74) is 0.929. The highest BCUT2D eigenvalue weighted by Gasteiger charge is 2.10. The molecule has 0 aliphatic rings. The molecule has 0 aliphatic heterocycles. The minimum absolute atomic E-state index is 0.0958. The number of hydrogen-bond acceptors (Lipinski definition) is 4. The first-order chi connectivity index (χ1) is 7.77. The van der Waals surface area contributed by atoms with Gasteiger partial charge in [0, 0.05) is 11.8 Å². The van der Waals surface area contributed by atoms with E-state index >= 15 is 0 Å². The fraction of sp³-hybridized carbons (Fsp3) is 0.0909. The quantitative estimate of drug-likeness (QED) is 0.850. The SMILES string of the molecule is O=C(O)c1ccncc1OCc1ccoc1. The Labute approximate surface area is 91.3 Å². The molecule has 5 heteroatoms. The second-order valence-electron chi connectivity index (χ2n) is 3.10. The molecule has 0 radical (unpaired) electrons. The van der Waals surface area contributed by atoms with Gasteiger partial charge in [-0.1, -0.05) is 0 Å². The number of nitrogens with zero attached hydrogens (tertiary/aromatic N) is 1. The van der Waals surface area contributed by atoms with Crippen molar-refractivity contribution in [1.82, 2.24) is 4.98 Å². The first-order valence-electron chi connectivity index (χ1n) is 4.58. The van der Waals surface area contributed by atoms with Crippen LogP contribution >= 0.6 is 0 Å². The Morgan fingerprint density at radius 2 is 2.38 bits per heavy atom. The van der Waals surface area contributed by atoms with E-state index in [0.29, 0.717) is 0 Å². The maximum absolute atomic E-state index is 10.9. The molecule has 2 aromatic rings. The third kappa shape index (κ3) is 2.20. The zero-order valence-electron chi connectivity index (χ0n) is 8.29. The number of aromatic carboxylic acids is 1. The van der Waals surface area contributed by atoms with E-state index in [4.69, 9.17) is 14.3 Å². The average Bonchev–Trinajstić information content (AvgIpc) is 2.79. The highest BCUT2D eigenvalue weighted by Crippen LogP contribution is 2.17. The predicted octanol–water partition coefficient (Wildman–Crippen LogP) is 1.95. The van der Waals surface area contributed by atoms with Crippen molar-refractivity contribution in [2.24, 2.45) is 0 Å². The van der Waals surface area contributed by atoms with Crippen LogP contribution in [0.4, 0.5) is 0 Å². The van der Waals surface area contributed by atoms with E-state index in [-0.39, 0.29) is 17.9 Å². The summed E-state index contributed by atoms with van der Waals surface area (Å²) in [5, 5.41) is 8.90. The molecule has 5 nitrogen and oxygen atoms in total. The Morgan fingerprint density at radius 1 is 1.50 bits per heavy atom. The molecule has 0 saturated heterocycles. The molecule has 0 bridgehead atoms. The number of hydrogen-bond donors (Lipinski definition) is 1. The molecule has 0 saturated carbocycles. The molecule has 0 unspecified atom stereocenters. The zero-order valence-corrected chi connectivity index (χ0v) is 8.29. The summed E-state index contributed by atoms with van der Waals surface area (Å²) in [4.78, 5) is 14.7. The fourth-order valence-electron chi connectivity index (χ4n) is 1.21. The van der Waals surface area contributed by atoms with Crippen molar-refractivity contribution in [1.29, 1.82) is 0 Å². The van der Waals surface area contributed by atoms with Crippen molar-refractivity contribution in [3.8, 4) is 5.75 Å². The van der Waals surface area contributed by atoms with Crippen LogP contribution in [0.1, 0.15) is 15.9 Å². The van der Waals surface area contributed by atoms with Gasteiger partial charge in [0.1, 0.15) is 12.2 Å². The van der Waals surface area contributed by atoms with E-state index in [0.717, 1.165) is 5.56 Å². The molecule has 0 amide bonds. The number of ether oxygens (including phenoxy) is 1. The van der Waals surface area contributed by atoms with Gasteiger partial charge in [-0.25, -0.2) is 4.79 Å². The van der Waals surface area contributed by atoms with Gasteiger partial charge in [0.2, 0.25) is 0 Å². The summed E-state index contributed by atoms with van der Waals surface area (Å²) >= 11 is 0. The minimum atomic E-state index is -1.04. The van der Waals surface area contributed by atoms with E-state index in [9.17, 15) is 4.79 Å². The lowest BCUT2D eigenvalue weighted by Crippen LogP contribution is -2.03. The molecule has 2 aromatic heterocycles. The van der Waals surface area contributed by atoms with Crippen molar-refractivity contribution in [2.75, 3.05) is 0 Å². The van der Waals surface area contributed by atoms with Crippen molar-refractivity contribution >= 4 is 5.97 Å². The minimum Gasteiger partial charge on any atom is -0.486 e. The van der Waals surface area contributed by atoms with Crippen LogP contribution in [-0.4, -0.2) is 16.1 Å². The Bertz CT molecular complexity index is 478. The molecule has 2 heterocycles. The van der Waals surface area contributed by atoms with Gasteiger partial charge in [0.15, 0.2) is 5.75 Å². The van der Waals surface area contributed by atoms with Crippen molar-refractivity contribution in [3.63, 3.8) is 0 Å². The van der Waals surface area contributed by atoms with Gasteiger partial charge in [-0.2, -0.15) is 0 Å². The van der Waals surface area contributed by atoms with Gasteiger partial charge in [-0.05, 0) is 12.1 Å². The van der Waals surface area contributed by atoms with E-state index in [2.05, 4.69) is 4.98 Å². The molecular formula is C11H9NO4. The summed E-state index contributed by atoms with van der Waals surface area (Å²) in [6.45, 7) is 0.252. The normalized spacial score (nSPS) is 10.0. The summed E-state index contributed by atoms with van der Waals surface area (Å²) < 4.78 is 10.2. The smallest absolute Gasteiger partial charge is 0.339 e. The van der Waals surface area contributed by atoms with Crippen LogP contribution < -0.4 is 4.74 Å². The molecule has 0 aliphatic carbocycles. The van der Waals surface area contributed by atoms with Crippen LogP contribution in [0.15, 0.2) is 41.5 Å². The number of carbonyl (C=O) groups is 1. The first-order valence-corrected chi connectivity index (χ1v) is 4.58. The molecule has 0 fully saturated rings. The van der Waals surface area contributed by atoms with Gasteiger partial charge in [0.05, 0.1) is 18.7 Å². The lowest BCUT2D eigenvalue weighted by Gasteiger charge is -2.06. The summed E-state index contributed by atoms with van der Waals surface area (Å²) in [6, 6.07) is 3.14. The van der Waals surface area contributed by atoms with Crippen LogP contribution in [-0.2, 0) is 6.61 Å². The third-order valence-electron chi connectivity index (χ3n) is 1.99. The highest BCUT2D eigenvalue weighted by molar-refractivity contribution is 5.90. The highest BCUT2D eigenvalue weighted by atomic mass is 16.5. The zero-order chi connectivity index (χ0) is 11.4. The lowest BCUT2D eigenvalue weighted by atomic mass is 10.2. The standard InChI is InChI=1S/C11H9NO4/c13-11(14)9-1-3-12-5-10(9)16-7-8-2-4-15-6-8/h1-6H,7H2,(H,13,14). The van der Waals surface area contributed by atoms with Crippen LogP contribution in [0.5, 0.6) is 5.75 Å². The Balaban J connectivity index is 2.12. The molecule has 0 atom stereocenters. The lowest BCUT2D eigenvalue weighted by molar-refractivity contribution is 0.0691. The van der Waals surface area contributed by atoms with E-state index < -0.39 is 5.97 Å².